The van der Waals surface area contributed by atoms with Crippen molar-refractivity contribution in [2.24, 2.45) is 7.05 Å². The maximum absolute atomic E-state index is 12.5. The molecule has 5 nitrogen and oxygen atoms in total. The highest BCUT2D eigenvalue weighted by Crippen LogP contribution is 2.22. The van der Waals surface area contributed by atoms with Gasteiger partial charge in [-0.15, -0.1) is 0 Å². The van der Waals surface area contributed by atoms with Gasteiger partial charge in [0.25, 0.3) is 5.91 Å². The van der Waals surface area contributed by atoms with Crippen molar-refractivity contribution in [2.75, 3.05) is 18.0 Å². The first-order valence-corrected chi connectivity index (χ1v) is 8.15. The number of carbonyl (C=O) groups excluding carboxylic acids is 1. The minimum Gasteiger partial charge on any atom is -0.369 e. The molecule has 1 fully saturated rings. The predicted molar refractivity (Wildman–Crippen MR) is 92.2 cm³/mol. The number of rotatable bonds is 3. The van der Waals surface area contributed by atoms with Crippen molar-refractivity contribution in [2.45, 2.75) is 26.3 Å². The first-order valence-electron chi connectivity index (χ1n) is 7.77. The first-order chi connectivity index (χ1) is 11.0. The summed E-state index contributed by atoms with van der Waals surface area (Å²) in [5.41, 5.74) is 3.50. The van der Waals surface area contributed by atoms with Crippen LogP contribution in [0.5, 0.6) is 0 Å². The molecule has 1 atom stereocenters. The number of hydrogen-bond acceptors (Lipinski definition) is 3. The Kier molecular flexibility index (Phi) is 4.31. The van der Waals surface area contributed by atoms with Gasteiger partial charge in [0.2, 0.25) is 0 Å². The lowest BCUT2D eigenvalue weighted by Gasteiger charge is -2.19. The van der Waals surface area contributed by atoms with Gasteiger partial charge in [0.15, 0.2) is 0 Å². The monoisotopic (exact) mass is 332 g/mol. The van der Waals surface area contributed by atoms with Crippen molar-refractivity contribution in [3.05, 3.63) is 46.2 Å². The lowest BCUT2D eigenvalue weighted by Crippen LogP contribution is -2.37. The first kappa shape index (κ1) is 15.9. The van der Waals surface area contributed by atoms with Gasteiger partial charge in [-0.2, -0.15) is 5.10 Å². The number of benzene rings is 1. The van der Waals surface area contributed by atoms with Gasteiger partial charge in [0.05, 0.1) is 11.3 Å². The molecule has 1 N–H and O–H groups in total. The highest BCUT2D eigenvalue weighted by molar-refractivity contribution is 6.30. The molecule has 1 aromatic carbocycles. The molecule has 3 rings (SSSR count). The summed E-state index contributed by atoms with van der Waals surface area (Å²) in [6.07, 6.45) is 0.937. The summed E-state index contributed by atoms with van der Waals surface area (Å²) in [7, 11) is 1.86. The largest absolute Gasteiger partial charge is 0.369 e. The Morgan fingerprint density at radius 1 is 1.30 bits per heavy atom. The number of amides is 1. The Labute approximate surface area is 141 Å². The number of anilines is 1. The summed E-state index contributed by atoms with van der Waals surface area (Å²) in [6.45, 7) is 5.53. The van der Waals surface area contributed by atoms with Crippen LogP contribution in [0.3, 0.4) is 0 Å². The van der Waals surface area contributed by atoms with E-state index in [1.165, 1.54) is 0 Å². The fraction of sp³-hybridized carbons (Fsp3) is 0.412. The summed E-state index contributed by atoms with van der Waals surface area (Å²) >= 11 is 5.93. The molecule has 1 amide bonds. The van der Waals surface area contributed by atoms with Gasteiger partial charge in [-0.3, -0.25) is 9.48 Å². The van der Waals surface area contributed by atoms with Crippen molar-refractivity contribution >= 4 is 23.2 Å². The van der Waals surface area contributed by atoms with Crippen molar-refractivity contribution in [1.82, 2.24) is 15.1 Å². The molecule has 1 aromatic heterocycles. The van der Waals surface area contributed by atoms with Crippen LogP contribution in [0.1, 0.15) is 28.2 Å². The van der Waals surface area contributed by atoms with Gasteiger partial charge in [-0.25, -0.2) is 0 Å². The third-order valence-electron chi connectivity index (χ3n) is 4.45. The fourth-order valence-electron chi connectivity index (χ4n) is 3.12. The van der Waals surface area contributed by atoms with Crippen LogP contribution in [0.15, 0.2) is 24.3 Å². The molecule has 2 aromatic rings. The second-order valence-corrected chi connectivity index (χ2v) is 6.49. The summed E-state index contributed by atoms with van der Waals surface area (Å²) in [5, 5.41) is 8.19. The van der Waals surface area contributed by atoms with Crippen LogP contribution in [-0.2, 0) is 7.05 Å². The molecule has 0 unspecified atom stereocenters. The van der Waals surface area contributed by atoms with Crippen LogP contribution in [0.25, 0.3) is 0 Å². The van der Waals surface area contributed by atoms with Crippen molar-refractivity contribution in [1.29, 1.82) is 0 Å². The zero-order valence-electron chi connectivity index (χ0n) is 13.6. The summed E-state index contributed by atoms with van der Waals surface area (Å²) in [5.74, 6) is -0.0314. The molecule has 122 valence electrons. The Balaban J connectivity index is 1.66. The van der Waals surface area contributed by atoms with Crippen LogP contribution in [0.2, 0.25) is 5.02 Å². The highest BCUT2D eigenvalue weighted by Gasteiger charge is 2.26. The molecule has 0 saturated carbocycles. The maximum atomic E-state index is 12.5. The average molecular weight is 333 g/mol. The molecule has 0 bridgehead atoms. The van der Waals surface area contributed by atoms with Crippen molar-refractivity contribution in [3.63, 3.8) is 0 Å². The van der Waals surface area contributed by atoms with E-state index in [1.807, 2.05) is 45.2 Å². The summed E-state index contributed by atoms with van der Waals surface area (Å²) in [6, 6.07) is 7.97. The summed E-state index contributed by atoms with van der Waals surface area (Å²) < 4.78 is 1.75. The lowest BCUT2D eigenvalue weighted by molar-refractivity contribution is 0.0939. The Hall–Kier alpha value is -2.01. The minimum atomic E-state index is -0.0314. The third kappa shape index (κ3) is 3.20. The number of aryl methyl sites for hydroxylation is 2. The second kappa shape index (κ2) is 6.24. The van der Waals surface area contributed by atoms with Gasteiger partial charge in [0.1, 0.15) is 0 Å². The topological polar surface area (TPSA) is 50.2 Å². The zero-order valence-corrected chi connectivity index (χ0v) is 14.4. The van der Waals surface area contributed by atoms with Gasteiger partial charge < -0.3 is 10.2 Å². The fourth-order valence-corrected chi connectivity index (χ4v) is 3.25. The molecular formula is C17H21ClN4O. The number of nitrogens with one attached hydrogen (secondary N) is 1. The summed E-state index contributed by atoms with van der Waals surface area (Å²) in [4.78, 5) is 14.8. The van der Waals surface area contributed by atoms with Crippen molar-refractivity contribution < 1.29 is 4.79 Å². The smallest absolute Gasteiger partial charge is 0.255 e. The van der Waals surface area contributed by atoms with E-state index in [-0.39, 0.29) is 11.9 Å². The van der Waals surface area contributed by atoms with Gasteiger partial charge >= 0.3 is 0 Å². The molecule has 1 saturated heterocycles. The van der Waals surface area contributed by atoms with E-state index in [4.69, 9.17) is 11.6 Å². The Morgan fingerprint density at radius 2 is 2.00 bits per heavy atom. The number of hydrogen-bond donors (Lipinski definition) is 1. The van der Waals surface area contributed by atoms with E-state index in [1.54, 1.807) is 4.68 Å². The maximum Gasteiger partial charge on any atom is 0.255 e. The van der Waals surface area contributed by atoms with E-state index >= 15 is 0 Å². The van der Waals surface area contributed by atoms with Gasteiger partial charge in [-0.1, -0.05) is 11.6 Å². The molecule has 0 aliphatic carbocycles. The minimum absolute atomic E-state index is 0.0314. The standard InChI is InChI=1S/C17H21ClN4O/c1-11-16(12(2)21(3)20-11)17(23)19-14-8-9-22(10-14)15-6-4-13(18)5-7-15/h4-7,14H,8-10H2,1-3H3,(H,19,23)/t14-/m1/s1. The molecule has 6 heteroatoms. The van der Waals surface area contributed by atoms with Crippen molar-refractivity contribution in [3.8, 4) is 0 Å². The number of aromatic nitrogens is 2. The van der Waals surface area contributed by atoms with E-state index in [9.17, 15) is 4.79 Å². The number of carbonyl (C=O) groups is 1. The SMILES string of the molecule is Cc1nn(C)c(C)c1C(=O)N[C@@H]1CCN(c2ccc(Cl)cc2)C1. The second-order valence-electron chi connectivity index (χ2n) is 6.05. The lowest BCUT2D eigenvalue weighted by atomic mass is 10.1. The quantitative estimate of drug-likeness (QED) is 0.940. The van der Waals surface area contributed by atoms with E-state index < -0.39 is 0 Å². The van der Waals surface area contributed by atoms with Gasteiger partial charge in [0, 0.05) is 42.6 Å². The normalized spacial score (nSPS) is 17.6. The van der Waals surface area contributed by atoms with E-state index in [0.29, 0.717) is 5.56 Å². The predicted octanol–water partition coefficient (Wildman–Crippen LogP) is 2.70. The number of nitrogens with zero attached hydrogens (tertiary/aromatic N) is 3. The highest BCUT2D eigenvalue weighted by atomic mass is 35.5. The molecule has 0 radical (unpaired) electrons. The molecule has 1 aliphatic rings. The molecule has 23 heavy (non-hydrogen) atoms. The van der Waals surface area contributed by atoms with Crippen LogP contribution in [-0.4, -0.2) is 34.8 Å². The van der Waals surface area contributed by atoms with Crippen LogP contribution in [0, 0.1) is 13.8 Å². The van der Waals surface area contributed by atoms with E-state index in [2.05, 4.69) is 15.3 Å². The van der Waals surface area contributed by atoms with Crippen LogP contribution < -0.4 is 10.2 Å². The Bertz CT molecular complexity index is 723. The molecule has 2 heterocycles. The third-order valence-corrected chi connectivity index (χ3v) is 4.70. The van der Waals surface area contributed by atoms with Crippen LogP contribution in [0.4, 0.5) is 5.69 Å². The van der Waals surface area contributed by atoms with Gasteiger partial charge in [-0.05, 0) is 44.5 Å². The molecule has 0 spiro atoms. The van der Waals surface area contributed by atoms with E-state index in [0.717, 1.165) is 41.6 Å². The molecular weight excluding hydrogens is 312 g/mol. The zero-order chi connectivity index (χ0) is 16.6. The van der Waals surface area contributed by atoms with Crippen LogP contribution >= 0.6 is 11.6 Å². The number of halogens is 1. The Morgan fingerprint density at radius 3 is 2.61 bits per heavy atom. The molecule has 1 aliphatic heterocycles. The average Bonchev–Trinajstić information content (AvgIpc) is 3.05.